The van der Waals surface area contributed by atoms with Crippen molar-refractivity contribution in [1.82, 2.24) is 16.0 Å². The summed E-state index contributed by atoms with van der Waals surface area (Å²) in [6, 6.07) is -4.56. The predicted molar refractivity (Wildman–Crippen MR) is 98.5 cm³/mol. The third-order valence-electron chi connectivity index (χ3n) is 3.72. The molecule has 0 spiro atoms. The summed E-state index contributed by atoms with van der Waals surface area (Å²) in [5.74, 6) is -8.57. The van der Waals surface area contributed by atoms with E-state index in [1.54, 1.807) is 0 Å². The number of carboxylic acid groups (broad SMARTS) is 4. The minimum Gasteiger partial charge on any atom is -0.481 e. The van der Waals surface area contributed by atoms with Crippen molar-refractivity contribution >= 4 is 41.6 Å². The van der Waals surface area contributed by atoms with Gasteiger partial charge in [-0.1, -0.05) is 0 Å². The topological polar surface area (TPSA) is 263 Å². The van der Waals surface area contributed by atoms with Gasteiger partial charge in [-0.2, -0.15) is 0 Å². The zero-order valence-electron chi connectivity index (χ0n) is 16.2. The van der Waals surface area contributed by atoms with Crippen LogP contribution in [-0.4, -0.2) is 86.7 Å². The van der Waals surface area contributed by atoms with Crippen molar-refractivity contribution in [2.24, 2.45) is 5.73 Å². The predicted octanol–water partition coefficient (Wildman–Crippen LogP) is -3.31. The van der Waals surface area contributed by atoms with Gasteiger partial charge < -0.3 is 42.1 Å². The van der Waals surface area contributed by atoms with E-state index in [1.165, 1.54) is 0 Å². The van der Waals surface area contributed by atoms with Crippen molar-refractivity contribution in [3.63, 3.8) is 0 Å². The molecule has 9 N–H and O–H groups in total. The van der Waals surface area contributed by atoms with Gasteiger partial charge in [0.2, 0.25) is 17.7 Å². The van der Waals surface area contributed by atoms with Crippen LogP contribution in [0.3, 0.4) is 0 Å². The molecule has 31 heavy (non-hydrogen) atoms. The summed E-state index contributed by atoms with van der Waals surface area (Å²) < 4.78 is 0. The number of carbonyl (C=O) groups excluding carboxylic acids is 3. The van der Waals surface area contributed by atoms with Gasteiger partial charge in [0.1, 0.15) is 12.1 Å². The highest BCUT2D eigenvalue weighted by Gasteiger charge is 2.28. The summed E-state index contributed by atoms with van der Waals surface area (Å²) in [5, 5.41) is 41.1. The first-order valence-corrected chi connectivity index (χ1v) is 8.84. The summed E-state index contributed by atoms with van der Waals surface area (Å²) in [6.45, 7) is -0.687. The highest BCUT2D eigenvalue weighted by molar-refractivity contribution is 5.93. The van der Waals surface area contributed by atoms with Crippen LogP contribution in [0, 0.1) is 0 Å². The second-order valence-electron chi connectivity index (χ2n) is 6.31. The van der Waals surface area contributed by atoms with Gasteiger partial charge >= 0.3 is 23.9 Å². The summed E-state index contributed by atoms with van der Waals surface area (Å²) in [7, 11) is 0. The lowest BCUT2D eigenvalue weighted by molar-refractivity contribution is -0.147. The highest BCUT2D eigenvalue weighted by atomic mass is 16.4. The molecule has 0 aromatic heterocycles. The Bertz CT molecular complexity index is 724. The van der Waals surface area contributed by atoms with Crippen LogP contribution in [0.4, 0.5) is 0 Å². The molecule has 0 fully saturated rings. The highest BCUT2D eigenvalue weighted by Crippen LogP contribution is 2.01. The Morgan fingerprint density at radius 3 is 1.74 bits per heavy atom. The largest absolute Gasteiger partial charge is 0.481 e. The first-order valence-electron chi connectivity index (χ1n) is 8.84. The first-order chi connectivity index (χ1) is 14.3. The van der Waals surface area contributed by atoms with Crippen LogP contribution in [-0.2, 0) is 33.6 Å². The van der Waals surface area contributed by atoms with Gasteiger partial charge in [-0.3, -0.25) is 28.8 Å². The van der Waals surface area contributed by atoms with Crippen molar-refractivity contribution in [3.8, 4) is 0 Å². The Morgan fingerprint density at radius 2 is 1.26 bits per heavy atom. The van der Waals surface area contributed by atoms with Crippen molar-refractivity contribution in [2.75, 3.05) is 6.54 Å². The zero-order valence-corrected chi connectivity index (χ0v) is 16.2. The lowest BCUT2D eigenvalue weighted by Gasteiger charge is -2.20. The van der Waals surface area contributed by atoms with E-state index in [4.69, 9.17) is 26.2 Å². The van der Waals surface area contributed by atoms with Crippen LogP contribution >= 0.6 is 0 Å². The van der Waals surface area contributed by atoms with E-state index in [0.29, 0.717) is 0 Å². The molecular formula is C16H24N4O11. The Balaban J connectivity index is 4.95. The molecule has 0 saturated carbocycles. The maximum Gasteiger partial charge on any atom is 0.326 e. The molecule has 0 heterocycles. The van der Waals surface area contributed by atoms with Crippen LogP contribution < -0.4 is 21.7 Å². The van der Waals surface area contributed by atoms with Gasteiger partial charge in [-0.15, -0.1) is 0 Å². The normalized spacial score (nSPS) is 13.2. The molecule has 0 radical (unpaired) electrons. The molecule has 0 saturated heterocycles. The monoisotopic (exact) mass is 448 g/mol. The Hall–Kier alpha value is -3.75. The third kappa shape index (κ3) is 12.4. The average molecular weight is 448 g/mol. The van der Waals surface area contributed by atoms with Crippen LogP contribution in [0.15, 0.2) is 0 Å². The van der Waals surface area contributed by atoms with Crippen molar-refractivity contribution < 1.29 is 54.0 Å². The molecule has 174 valence electrons. The van der Waals surface area contributed by atoms with E-state index >= 15 is 0 Å². The number of nitrogens with one attached hydrogen (secondary N) is 3. The average Bonchev–Trinajstić information content (AvgIpc) is 2.65. The van der Waals surface area contributed by atoms with E-state index in [0.717, 1.165) is 0 Å². The maximum absolute atomic E-state index is 12.2. The van der Waals surface area contributed by atoms with Gasteiger partial charge in [0.05, 0.1) is 19.0 Å². The lowest BCUT2D eigenvalue weighted by Crippen LogP contribution is -2.54. The van der Waals surface area contributed by atoms with Crippen LogP contribution in [0.25, 0.3) is 0 Å². The summed E-state index contributed by atoms with van der Waals surface area (Å²) in [5.41, 5.74) is 5.47. The van der Waals surface area contributed by atoms with E-state index in [1.807, 2.05) is 5.32 Å². The van der Waals surface area contributed by atoms with Gasteiger partial charge in [0.25, 0.3) is 0 Å². The molecule has 15 heteroatoms. The van der Waals surface area contributed by atoms with Gasteiger partial charge in [0, 0.05) is 12.8 Å². The molecular weight excluding hydrogens is 424 g/mol. The molecule has 0 aliphatic carbocycles. The van der Waals surface area contributed by atoms with E-state index in [2.05, 4.69) is 10.6 Å². The molecule has 3 unspecified atom stereocenters. The van der Waals surface area contributed by atoms with Crippen LogP contribution in [0.2, 0.25) is 0 Å². The molecule has 0 aromatic rings. The molecule has 0 aromatic carbocycles. The number of amides is 3. The molecule has 0 bridgehead atoms. The second kappa shape index (κ2) is 13.5. The molecule has 3 atom stereocenters. The zero-order chi connectivity index (χ0) is 24.1. The minimum absolute atomic E-state index is 0.188. The van der Waals surface area contributed by atoms with Gasteiger partial charge in [-0.25, -0.2) is 4.79 Å². The van der Waals surface area contributed by atoms with Crippen molar-refractivity contribution in [1.29, 1.82) is 0 Å². The number of rotatable bonds is 15. The number of aliphatic carboxylic acids is 4. The van der Waals surface area contributed by atoms with E-state index in [-0.39, 0.29) is 12.8 Å². The number of carboxylic acids is 4. The third-order valence-corrected chi connectivity index (χ3v) is 3.72. The molecule has 3 amide bonds. The second-order valence-corrected chi connectivity index (χ2v) is 6.31. The van der Waals surface area contributed by atoms with Crippen molar-refractivity contribution in [3.05, 3.63) is 0 Å². The van der Waals surface area contributed by atoms with E-state index in [9.17, 15) is 33.6 Å². The Labute approximate surface area is 175 Å². The SMILES string of the molecule is NC(CCC(=O)O)C(=O)NCC(=O)NC(CCC(=O)O)C(=O)NC(CC(=O)O)C(=O)O. The smallest absolute Gasteiger partial charge is 0.326 e. The van der Waals surface area contributed by atoms with Gasteiger partial charge in [-0.05, 0) is 12.8 Å². The fourth-order valence-corrected chi connectivity index (χ4v) is 2.14. The lowest BCUT2D eigenvalue weighted by atomic mass is 10.1. The fourth-order valence-electron chi connectivity index (χ4n) is 2.14. The number of hydrogen-bond acceptors (Lipinski definition) is 8. The first kappa shape index (κ1) is 27.2. The van der Waals surface area contributed by atoms with Crippen LogP contribution in [0.1, 0.15) is 32.1 Å². The van der Waals surface area contributed by atoms with Crippen LogP contribution in [0.5, 0.6) is 0 Å². The molecule has 0 aliphatic heterocycles. The maximum atomic E-state index is 12.2. The van der Waals surface area contributed by atoms with Crippen molar-refractivity contribution in [2.45, 2.75) is 50.2 Å². The standard InChI is InChI=1S/C16H24N4O11/c17-7(1-3-11(22)23)14(28)18-6-10(21)19-8(2-4-12(24)25)15(29)20-9(16(30)31)5-13(26)27/h7-9H,1-6,17H2,(H,18,28)(H,19,21)(H,20,29)(H,22,23)(H,24,25)(H,26,27)(H,30,31). The number of carbonyl (C=O) groups is 7. The Kier molecular flexibility index (Phi) is 11.8. The number of nitrogens with two attached hydrogens (primary N) is 1. The Morgan fingerprint density at radius 1 is 0.710 bits per heavy atom. The summed E-state index contributed by atoms with van der Waals surface area (Å²) >= 11 is 0. The van der Waals surface area contributed by atoms with Gasteiger partial charge in [0.15, 0.2) is 0 Å². The number of hydrogen-bond donors (Lipinski definition) is 8. The van der Waals surface area contributed by atoms with E-state index < -0.39 is 85.5 Å². The molecule has 15 nitrogen and oxygen atoms in total. The molecule has 0 rings (SSSR count). The summed E-state index contributed by atoms with van der Waals surface area (Å²) in [6.07, 6.45) is -2.54. The fraction of sp³-hybridized carbons (Fsp3) is 0.562. The quantitative estimate of drug-likeness (QED) is 0.122. The summed E-state index contributed by atoms with van der Waals surface area (Å²) in [4.78, 5) is 79.0. The minimum atomic E-state index is -1.82. The molecule has 0 aliphatic rings.